The lowest BCUT2D eigenvalue weighted by atomic mass is 10.1. The monoisotopic (exact) mass is 902 g/mol. The molecule has 1 amide bonds. The zero-order valence-electron chi connectivity index (χ0n) is 33.0. The number of azo groups is 3. The molecule has 0 aliphatic carbocycles. The summed E-state index contributed by atoms with van der Waals surface area (Å²) in [6.07, 6.45) is -0.343. The van der Waals surface area contributed by atoms with Crippen LogP contribution in [0.2, 0.25) is 0 Å². The van der Waals surface area contributed by atoms with Crippen molar-refractivity contribution in [3.05, 3.63) is 101 Å². The number of aryl methyl sites for hydroxylation is 1. The molecule has 21 nitrogen and oxygen atoms in total. The van der Waals surface area contributed by atoms with Gasteiger partial charge in [0, 0.05) is 11.5 Å². The van der Waals surface area contributed by atoms with Crippen molar-refractivity contribution in [1.29, 1.82) is 0 Å². The summed E-state index contributed by atoms with van der Waals surface area (Å²) in [5.74, 6) is -3.58. The summed E-state index contributed by atoms with van der Waals surface area (Å²) in [5, 5.41) is 81.0. The Morgan fingerprint density at radius 3 is 2.39 bits per heavy atom. The molecule has 3 aromatic heterocycles. The highest BCUT2D eigenvalue weighted by Gasteiger charge is 2.24. The number of pyridine rings is 1. The Labute approximate surface area is 366 Å². The topological polar surface area (TPSA) is 310 Å². The number of nitrogens with zero attached hydrogens (tertiary/aromatic N) is 9. The molecule has 0 atom stereocenters. The van der Waals surface area contributed by atoms with Crippen molar-refractivity contribution in [1.82, 2.24) is 14.4 Å². The Morgan fingerprint density at radius 2 is 1.62 bits per heavy atom. The van der Waals surface area contributed by atoms with Gasteiger partial charge in [0.2, 0.25) is 11.0 Å². The van der Waals surface area contributed by atoms with Gasteiger partial charge < -0.3 is 30.9 Å². The number of phenols is 1. The van der Waals surface area contributed by atoms with E-state index in [0.717, 1.165) is 11.3 Å². The molecule has 3 heterocycles. The second-order valence-electron chi connectivity index (χ2n) is 13.7. The number of carboxylic acids is 2. The van der Waals surface area contributed by atoms with Crippen LogP contribution in [-0.4, -0.2) is 64.5 Å². The van der Waals surface area contributed by atoms with Crippen molar-refractivity contribution in [2.45, 2.75) is 25.2 Å². The number of nitrogens with two attached hydrogens (primary N) is 1. The van der Waals surface area contributed by atoms with Crippen LogP contribution in [0.4, 0.5) is 33.6 Å². The molecule has 23 heteroatoms. The molecule has 0 spiro atoms. The van der Waals surface area contributed by atoms with Crippen LogP contribution in [0.1, 0.15) is 38.3 Å². The van der Waals surface area contributed by atoms with Crippen LogP contribution in [-0.2, 0) is 14.2 Å². The van der Waals surface area contributed by atoms with Gasteiger partial charge in [0.05, 0.1) is 73.7 Å². The van der Waals surface area contributed by atoms with Crippen molar-refractivity contribution in [3.8, 4) is 17.4 Å². The van der Waals surface area contributed by atoms with Crippen LogP contribution in [0.15, 0.2) is 114 Å². The number of amides is 1. The lowest BCUT2D eigenvalue weighted by Crippen LogP contribution is -2.15. The van der Waals surface area contributed by atoms with Crippen LogP contribution in [0.25, 0.3) is 37.7 Å². The molecule has 7 N–H and O–H groups in total. The van der Waals surface area contributed by atoms with E-state index in [4.69, 9.17) is 20.1 Å². The average molecular weight is 903 g/mol. The van der Waals surface area contributed by atoms with E-state index in [1.807, 2.05) is 0 Å². The van der Waals surface area contributed by atoms with E-state index < -0.39 is 17.8 Å². The van der Waals surface area contributed by atoms with Gasteiger partial charge in [-0.2, -0.15) is 5.11 Å². The van der Waals surface area contributed by atoms with Crippen molar-refractivity contribution >= 4 is 112 Å². The Morgan fingerprint density at radius 1 is 0.844 bits per heavy atom. The standard InChI is InChI=1S/C41H30N10O11S2/c1-18-13-27(29(60-12-11-32(52)53)17-26(18)46-50-41-44-25-10-7-20(40(57)58)15-30(25)63-41)47-49-35-31(64-62-61-59)16-21-14-22(8-9-23(21)36(35)54)45-48-34-19(2)33(37(42)55)38-43-24-5-3-4-6-28(24)51(38)39(34)56/h3-10,13-17,54,56,59H,11-12H2,1-2H3,(H2,42,55)(H,52,53)(H,57,58). The first kappa shape index (κ1) is 42.7. The van der Waals surface area contributed by atoms with Crippen LogP contribution >= 0.6 is 23.4 Å². The highest BCUT2D eigenvalue weighted by molar-refractivity contribution is 7.94. The van der Waals surface area contributed by atoms with E-state index in [0.29, 0.717) is 49.9 Å². The third kappa shape index (κ3) is 8.46. The third-order valence-corrected chi connectivity index (χ3v) is 11.1. The van der Waals surface area contributed by atoms with E-state index in [1.165, 1.54) is 40.8 Å². The lowest BCUT2D eigenvalue weighted by Gasteiger charge is -2.12. The molecule has 0 unspecified atom stereocenters. The number of benzene rings is 5. The van der Waals surface area contributed by atoms with Crippen molar-refractivity contribution in [3.63, 3.8) is 0 Å². The number of phenolic OH excluding ortho intramolecular Hbond substituents is 1. The number of carbonyl (C=O) groups is 3. The number of carbonyl (C=O) groups excluding carboxylic acids is 1. The number of primary amides is 1. The number of carboxylic acid groups (broad SMARTS) is 2. The van der Waals surface area contributed by atoms with Gasteiger partial charge in [0.1, 0.15) is 22.8 Å². The van der Waals surface area contributed by atoms with E-state index in [2.05, 4.69) is 45.7 Å². The zero-order chi connectivity index (χ0) is 45.2. The molecule has 5 aromatic carbocycles. The number of thiazole rings is 1. The normalized spacial score (nSPS) is 12.0. The molecule has 8 rings (SSSR count). The number of ether oxygens (including phenoxy) is 1. The van der Waals surface area contributed by atoms with Gasteiger partial charge in [-0.3, -0.25) is 14.0 Å². The Balaban J connectivity index is 1.13. The Bertz CT molecular complexity index is 3310. The summed E-state index contributed by atoms with van der Waals surface area (Å²) >= 11 is 1.63. The van der Waals surface area contributed by atoms with E-state index >= 15 is 0 Å². The molecule has 0 saturated heterocycles. The van der Waals surface area contributed by atoms with E-state index in [9.17, 15) is 34.8 Å². The van der Waals surface area contributed by atoms with Gasteiger partial charge in [0.15, 0.2) is 11.4 Å². The van der Waals surface area contributed by atoms with Crippen molar-refractivity contribution < 1.29 is 54.2 Å². The first-order valence-electron chi connectivity index (χ1n) is 18.6. The summed E-state index contributed by atoms with van der Waals surface area (Å²) < 4.78 is 12.5. The number of rotatable bonds is 15. The van der Waals surface area contributed by atoms with Crippen LogP contribution < -0.4 is 10.5 Å². The molecule has 0 aliphatic rings. The molecule has 0 bridgehead atoms. The predicted octanol–water partition coefficient (Wildman–Crippen LogP) is 10.6. The third-order valence-electron chi connectivity index (χ3n) is 9.61. The number of aliphatic carboxylic acids is 1. The smallest absolute Gasteiger partial charge is 0.335 e. The zero-order valence-corrected chi connectivity index (χ0v) is 34.7. The minimum Gasteiger partial charge on any atom is -0.505 e. The number of aromatic nitrogens is 3. The first-order chi connectivity index (χ1) is 30.8. The lowest BCUT2D eigenvalue weighted by molar-refractivity contribution is -0.432. The Kier molecular flexibility index (Phi) is 11.9. The van der Waals surface area contributed by atoms with Crippen molar-refractivity contribution in [2.75, 3.05) is 6.61 Å². The fourth-order valence-corrected chi connectivity index (χ4v) is 7.93. The Hall–Kier alpha value is -7.96. The molecule has 8 aromatic rings. The molecule has 0 fully saturated rings. The molecule has 0 saturated carbocycles. The average Bonchev–Trinajstić information content (AvgIpc) is 3.86. The summed E-state index contributed by atoms with van der Waals surface area (Å²) in [4.78, 5) is 44.3. The summed E-state index contributed by atoms with van der Waals surface area (Å²) in [7, 11) is 0. The fourth-order valence-electron chi connectivity index (χ4n) is 6.60. The number of fused-ring (bicyclic) bond motifs is 5. The molecular formula is C41H30N10O11S2. The van der Waals surface area contributed by atoms with Gasteiger partial charge in [-0.25, -0.2) is 20.0 Å². The van der Waals surface area contributed by atoms with Crippen LogP contribution in [0.3, 0.4) is 0 Å². The van der Waals surface area contributed by atoms with E-state index in [-0.39, 0.29) is 90.9 Å². The SMILES string of the molecule is Cc1cc(N=Nc2c(SOOO)cc3cc(N=Nc4c(C)c(C(N)=O)c5nc6ccccc6n5c4O)ccc3c2O)c(OCCC(=O)O)cc1N=Nc1nc2ccc(C(=O)O)cc2s1. The minimum atomic E-state index is -1.11. The quantitative estimate of drug-likeness (QED) is 0.0241. The highest BCUT2D eigenvalue weighted by Crippen LogP contribution is 2.46. The fraction of sp³-hybridized carbons (Fsp3) is 0.0976. The summed E-state index contributed by atoms with van der Waals surface area (Å²) in [6.45, 7) is 3.03. The summed E-state index contributed by atoms with van der Waals surface area (Å²) in [6, 6.07) is 20.7. The second kappa shape index (κ2) is 17.8. The van der Waals surface area contributed by atoms with Crippen molar-refractivity contribution in [2.24, 2.45) is 36.4 Å². The summed E-state index contributed by atoms with van der Waals surface area (Å²) in [5.41, 5.74) is 8.97. The molecule has 322 valence electrons. The molecular weight excluding hydrogens is 873 g/mol. The van der Waals surface area contributed by atoms with E-state index in [1.54, 1.807) is 56.3 Å². The number of hydrogen-bond acceptors (Lipinski definition) is 19. The maximum atomic E-state index is 12.6. The molecule has 64 heavy (non-hydrogen) atoms. The molecule has 0 aliphatic heterocycles. The van der Waals surface area contributed by atoms with Gasteiger partial charge in [-0.15, -0.1) is 29.9 Å². The number of imidazole rings is 1. The minimum absolute atomic E-state index is 0.0312. The molecule has 0 radical (unpaired) electrons. The maximum absolute atomic E-state index is 12.6. The van der Waals surface area contributed by atoms with Crippen LogP contribution in [0.5, 0.6) is 17.4 Å². The maximum Gasteiger partial charge on any atom is 0.335 e. The van der Waals surface area contributed by atoms with Gasteiger partial charge in [0.25, 0.3) is 5.91 Å². The highest BCUT2D eigenvalue weighted by atomic mass is 32.2. The number of aromatic carboxylic acids is 1. The largest absolute Gasteiger partial charge is 0.505 e. The number of aromatic hydroxyl groups is 2. The number of hydrogen-bond donors (Lipinski definition) is 6. The second-order valence-corrected chi connectivity index (χ2v) is 15.4. The first-order valence-corrected chi connectivity index (χ1v) is 20.1. The van der Waals surface area contributed by atoms with Gasteiger partial charge in [-0.05, 0) is 91.0 Å². The van der Waals surface area contributed by atoms with Gasteiger partial charge >= 0.3 is 11.9 Å². The number of para-hydroxylation sites is 2. The van der Waals surface area contributed by atoms with Crippen LogP contribution in [0, 0.1) is 13.8 Å². The predicted molar refractivity (Wildman–Crippen MR) is 232 cm³/mol. The van der Waals surface area contributed by atoms with Gasteiger partial charge in [-0.1, -0.05) is 28.5 Å².